The van der Waals surface area contributed by atoms with Crippen molar-refractivity contribution in [2.24, 2.45) is 5.73 Å². The van der Waals surface area contributed by atoms with Crippen LogP contribution in [0, 0.1) is 15.3 Å². The molecule has 79 heavy (non-hydrogen) atoms. The third-order valence-corrected chi connectivity index (χ3v) is 13.7. The standard InChI is InChI=1S/C36H24N2.C23H16O.C13H12N2.O2/c1-2-10-25(11-3-1)26-20-22-29(23-21-26)36-37-34(32-18-8-14-27-12-4-6-16-30(27)32)24-35(38-36)33-19-9-15-28-13-5-7-17-31(28)33;24-23(22-14-6-11-18-8-2-4-13-21(18)22)16-15-19-10-5-9-17-7-1-3-12-20(17)19;14-13(15)12-8-6-11(7-9-12)10-4-2-1-3-5-10;1-2/h1-24H;1-16H;1-9H,(H3,14,15);/b;16-15+;;. The summed E-state index contributed by atoms with van der Waals surface area (Å²) in [5, 5.41) is 16.5. The van der Waals surface area contributed by atoms with Gasteiger partial charge in [-0.15, -0.1) is 0 Å². The summed E-state index contributed by atoms with van der Waals surface area (Å²) >= 11 is 0. The van der Waals surface area contributed by atoms with Crippen LogP contribution in [-0.2, 0) is 0 Å². The fraction of sp³-hybridized carbons (Fsp3) is 0. The molecule has 0 aliphatic carbocycles. The number of rotatable bonds is 9. The highest BCUT2D eigenvalue weighted by Crippen LogP contribution is 2.35. The number of benzene rings is 12. The minimum absolute atomic E-state index is 0.0275. The summed E-state index contributed by atoms with van der Waals surface area (Å²) < 4.78 is 0. The van der Waals surface area contributed by atoms with E-state index in [1.165, 1.54) is 43.6 Å². The van der Waals surface area contributed by atoms with E-state index in [0.29, 0.717) is 0 Å². The highest BCUT2D eigenvalue weighted by molar-refractivity contribution is 6.15. The average molecular weight is 1020 g/mol. The van der Waals surface area contributed by atoms with Crippen molar-refractivity contribution in [3.8, 4) is 56.2 Å². The Bertz CT molecular complexity index is 4160. The molecule has 0 aliphatic heterocycles. The fourth-order valence-corrected chi connectivity index (χ4v) is 9.76. The van der Waals surface area contributed by atoms with E-state index in [2.05, 4.69) is 170 Å². The molecule has 0 atom stereocenters. The molecule has 0 amide bonds. The fourth-order valence-electron chi connectivity index (χ4n) is 9.76. The Morgan fingerprint density at radius 2 is 0.734 bits per heavy atom. The molecule has 0 saturated carbocycles. The summed E-state index contributed by atoms with van der Waals surface area (Å²) in [6.07, 6.45) is 3.58. The lowest BCUT2D eigenvalue weighted by Gasteiger charge is -2.13. The number of ketones is 1. The number of hydrogen-bond donors (Lipinski definition) is 2. The second-order valence-corrected chi connectivity index (χ2v) is 18.6. The van der Waals surface area contributed by atoms with Gasteiger partial charge in [0.25, 0.3) is 0 Å². The molecule has 0 aliphatic rings. The van der Waals surface area contributed by atoms with Gasteiger partial charge in [0.05, 0.1) is 11.4 Å². The third kappa shape index (κ3) is 12.0. The van der Waals surface area contributed by atoms with Crippen LogP contribution >= 0.6 is 0 Å². The number of amidine groups is 1. The van der Waals surface area contributed by atoms with Gasteiger partial charge in [-0.05, 0) is 83.0 Å². The molecule has 0 spiro atoms. The monoisotopic (exact) mass is 1020 g/mol. The van der Waals surface area contributed by atoms with Gasteiger partial charge in [-0.3, -0.25) is 10.2 Å². The maximum absolute atomic E-state index is 12.7. The molecule has 3 N–H and O–H groups in total. The minimum Gasteiger partial charge on any atom is -0.384 e. The average Bonchev–Trinajstić information content (AvgIpc) is 3.55. The number of nitrogen functional groups attached to an aromatic ring is 1. The van der Waals surface area contributed by atoms with Crippen molar-refractivity contribution in [1.82, 2.24) is 9.97 Å². The maximum atomic E-state index is 12.7. The van der Waals surface area contributed by atoms with Gasteiger partial charge in [0, 0.05) is 37.7 Å². The maximum Gasteiger partial charge on any atom is 0.186 e. The molecule has 1 heterocycles. The van der Waals surface area contributed by atoms with Gasteiger partial charge in [-0.1, -0.05) is 285 Å². The molecule has 7 nitrogen and oxygen atoms in total. The molecule has 378 valence electrons. The molecule has 0 radical (unpaired) electrons. The minimum atomic E-state index is 0.0275. The molecular weight excluding hydrogens is 969 g/mol. The van der Waals surface area contributed by atoms with Crippen molar-refractivity contribution in [2.45, 2.75) is 0 Å². The topological polar surface area (TPSA) is 127 Å². The predicted octanol–water partition coefficient (Wildman–Crippen LogP) is 18.0. The van der Waals surface area contributed by atoms with E-state index in [1.807, 2.05) is 121 Å². The van der Waals surface area contributed by atoms with Crippen LogP contribution in [0.15, 0.2) is 291 Å². The molecule has 13 rings (SSSR count). The summed E-state index contributed by atoms with van der Waals surface area (Å²) in [5.41, 5.74) is 17.7. The Morgan fingerprint density at radius 3 is 1.24 bits per heavy atom. The van der Waals surface area contributed by atoms with Crippen molar-refractivity contribution < 1.29 is 4.79 Å². The van der Waals surface area contributed by atoms with Crippen LogP contribution in [0.5, 0.6) is 0 Å². The van der Waals surface area contributed by atoms with Crippen molar-refractivity contribution in [3.05, 3.63) is 318 Å². The molecule has 13 aromatic rings. The number of aromatic nitrogens is 2. The molecule has 7 heteroatoms. The predicted molar refractivity (Wildman–Crippen MR) is 330 cm³/mol. The van der Waals surface area contributed by atoms with E-state index < -0.39 is 0 Å². The van der Waals surface area contributed by atoms with Crippen molar-refractivity contribution in [2.75, 3.05) is 0 Å². The number of allylic oxidation sites excluding steroid dienone is 1. The number of nitrogens with zero attached hydrogens (tertiary/aromatic N) is 2. The number of nitrogens with two attached hydrogens (primary N) is 1. The Labute approximate surface area is 458 Å². The first-order chi connectivity index (χ1) is 38.9. The second-order valence-electron chi connectivity index (χ2n) is 18.6. The normalized spacial score (nSPS) is 10.7. The highest BCUT2D eigenvalue weighted by Gasteiger charge is 2.15. The summed E-state index contributed by atoms with van der Waals surface area (Å²) in [6.45, 7) is 0. The van der Waals surface area contributed by atoms with Crippen LogP contribution in [-0.4, -0.2) is 21.6 Å². The van der Waals surface area contributed by atoms with Gasteiger partial charge in [0.2, 0.25) is 0 Å². The van der Waals surface area contributed by atoms with Gasteiger partial charge >= 0.3 is 0 Å². The van der Waals surface area contributed by atoms with Crippen molar-refractivity contribution in [3.63, 3.8) is 0 Å². The molecular formula is C72H52N4O3. The Morgan fingerprint density at radius 1 is 0.367 bits per heavy atom. The Hall–Kier alpha value is -10.8. The Kier molecular flexibility index (Phi) is 16.2. The van der Waals surface area contributed by atoms with Crippen LogP contribution in [0.4, 0.5) is 0 Å². The zero-order valence-corrected chi connectivity index (χ0v) is 43.0. The number of carbonyl (C=O) groups excluding carboxylic acids is 1. The first-order valence-electron chi connectivity index (χ1n) is 25.8. The van der Waals surface area contributed by atoms with Crippen LogP contribution in [0.2, 0.25) is 0 Å². The summed E-state index contributed by atoms with van der Waals surface area (Å²) in [6, 6.07) is 96.8. The second kappa shape index (κ2) is 24.7. The van der Waals surface area contributed by atoms with E-state index in [0.717, 1.165) is 72.3 Å². The first-order valence-corrected chi connectivity index (χ1v) is 25.8. The van der Waals surface area contributed by atoms with Gasteiger partial charge in [0.1, 0.15) is 5.84 Å². The van der Waals surface area contributed by atoms with Crippen LogP contribution in [0.3, 0.4) is 0 Å². The van der Waals surface area contributed by atoms with E-state index >= 15 is 0 Å². The lowest BCUT2D eigenvalue weighted by atomic mass is 9.98. The van der Waals surface area contributed by atoms with Gasteiger partial charge in [0.15, 0.2) is 11.6 Å². The lowest BCUT2D eigenvalue weighted by molar-refractivity contribution is 0.104. The smallest absolute Gasteiger partial charge is 0.186 e. The first kappa shape index (κ1) is 51.7. The lowest BCUT2D eigenvalue weighted by Crippen LogP contribution is -2.10. The summed E-state index contributed by atoms with van der Waals surface area (Å²) in [5.74, 6) is 0.854. The summed E-state index contributed by atoms with van der Waals surface area (Å²) in [7, 11) is 0. The molecule has 0 bridgehead atoms. The SMILES string of the molecule is N=C(N)c1ccc(-c2ccccc2)cc1.O=C(/C=C/c1cccc2ccccc12)c1cccc2ccccc12.O=O.c1ccc(-c2ccc(-c3nc(-c4cccc5ccccc45)cc(-c4cccc5ccccc45)n3)cc2)cc1. The zero-order chi connectivity index (χ0) is 54.3. The Balaban J connectivity index is 0.000000146. The molecule has 0 fully saturated rings. The van der Waals surface area contributed by atoms with Gasteiger partial charge < -0.3 is 5.73 Å². The van der Waals surface area contributed by atoms with E-state index in [4.69, 9.17) is 31.0 Å². The van der Waals surface area contributed by atoms with E-state index in [9.17, 15) is 4.79 Å². The van der Waals surface area contributed by atoms with Gasteiger partial charge in [-0.25, -0.2) is 9.97 Å². The molecule has 0 saturated heterocycles. The molecule has 0 unspecified atom stereocenters. The largest absolute Gasteiger partial charge is 0.384 e. The number of nitrogens with one attached hydrogen (secondary N) is 1. The van der Waals surface area contributed by atoms with Crippen LogP contribution < -0.4 is 5.73 Å². The molecule has 12 aromatic carbocycles. The number of hydrogen-bond acceptors (Lipinski definition) is 6. The van der Waals surface area contributed by atoms with Crippen molar-refractivity contribution >= 4 is 60.8 Å². The van der Waals surface area contributed by atoms with E-state index in [1.54, 1.807) is 6.08 Å². The molecule has 1 aromatic heterocycles. The van der Waals surface area contributed by atoms with Gasteiger partial charge in [-0.2, -0.15) is 0 Å². The number of fused-ring (bicyclic) bond motifs is 4. The summed E-state index contributed by atoms with van der Waals surface area (Å²) in [4.78, 5) is 36.9. The van der Waals surface area contributed by atoms with E-state index in [-0.39, 0.29) is 11.6 Å². The van der Waals surface area contributed by atoms with Crippen LogP contribution in [0.1, 0.15) is 21.5 Å². The zero-order valence-electron chi connectivity index (χ0n) is 43.0. The number of carbonyl (C=O) groups is 1. The highest BCUT2D eigenvalue weighted by atomic mass is 16.7. The third-order valence-electron chi connectivity index (χ3n) is 13.7. The quantitative estimate of drug-likeness (QED) is 0.0642. The van der Waals surface area contributed by atoms with Crippen molar-refractivity contribution in [1.29, 1.82) is 5.41 Å². The van der Waals surface area contributed by atoms with Crippen LogP contribution in [0.25, 0.3) is 105 Å².